The molecule has 1 N–H and O–H groups in total. The van der Waals surface area contributed by atoms with Crippen LogP contribution in [0.2, 0.25) is 0 Å². The maximum absolute atomic E-state index is 10.1. The Morgan fingerprint density at radius 3 is 2.25 bits per heavy atom. The Hall–Kier alpha value is -2.09. The van der Waals surface area contributed by atoms with E-state index >= 15 is 0 Å². The number of rotatable bonds is 1. The molecule has 2 aromatic carbocycles. The maximum Gasteiger partial charge on any atom is 0.119 e. The quantitative estimate of drug-likeness (QED) is 0.788. The number of hydrogen-bond donors (Lipinski definition) is 1. The molecule has 0 atom stereocenters. The average molecular weight is 265 g/mol. The highest BCUT2D eigenvalue weighted by Crippen LogP contribution is 2.24. The van der Waals surface area contributed by atoms with Crippen molar-refractivity contribution in [1.29, 1.82) is 0 Å². The monoisotopic (exact) mass is 265 g/mol. The first-order valence-electron chi connectivity index (χ1n) is 7.11. The lowest BCUT2D eigenvalue weighted by Crippen LogP contribution is -2.02. The number of phenols is 1. The fourth-order valence-electron chi connectivity index (χ4n) is 2.82. The van der Waals surface area contributed by atoms with Gasteiger partial charge in [-0.2, -0.15) is 0 Å². The van der Waals surface area contributed by atoms with Gasteiger partial charge in [0.25, 0.3) is 0 Å². The standard InChI is InChI=1S/C18H19NO/c1-19-12-17-10-13-2-6-15(17)7-3-14-5-9-16(8-4-13)18(20)11-14/h2,5-6,9-12,20H,3-4,7-8H2,1H3. The molecule has 20 heavy (non-hydrogen) atoms. The molecule has 0 aromatic heterocycles. The lowest BCUT2D eigenvalue weighted by molar-refractivity contribution is 0.467. The molecular weight excluding hydrogens is 246 g/mol. The van der Waals surface area contributed by atoms with Crippen LogP contribution in [0.3, 0.4) is 0 Å². The maximum atomic E-state index is 10.1. The fourth-order valence-corrected chi connectivity index (χ4v) is 2.82. The summed E-state index contributed by atoms with van der Waals surface area (Å²) in [5, 5.41) is 10.1. The summed E-state index contributed by atoms with van der Waals surface area (Å²) in [5.74, 6) is 0.438. The molecule has 0 amide bonds. The molecule has 6 rings (SSSR count). The smallest absolute Gasteiger partial charge is 0.119 e. The molecule has 4 aliphatic rings. The van der Waals surface area contributed by atoms with E-state index in [9.17, 15) is 5.11 Å². The van der Waals surface area contributed by atoms with E-state index in [-0.39, 0.29) is 0 Å². The fraction of sp³-hybridized carbons (Fsp3) is 0.278. The number of aliphatic imine (C=N–C) groups is 1. The number of benzene rings is 2. The lowest BCUT2D eigenvalue weighted by atomic mass is 9.93. The predicted molar refractivity (Wildman–Crippen MR) is 82.9 cm³/mol. The van der Waals surface area contributed by atoms with Gasteiger partial charge >= 0.3 is 0 Å². The van der Waals surface area contributed by atoms with E-state index in [1.54, 1.807) is 0 Å². The Kier molecular flexibility index (Phi) is 3.55. The average Bonchev–Trinajstić information content (AvgIpc) is 2.43. The predicted octanol–water partition coefficient (Wildman–Crippen LogP) is 3.32. The second kappa shape index (κ2) is 5.49. The van der Waals surface area contributed by atoms with Crippen molar-refractivity contribution < 1.29 is 5.11 Å². The van der Waals surface area contributed by atoms with E-state index in [2.05, 4.69) is 35.3 Å². The molecular formula is C18H19NO. The minimum Gasteiger partial charge on any atom is -0.508 e. The van der Waals surface area contributed by atoms with E-state index < -0.39 is 0 Å². The Morgan fingerprint density at radius 2 is 1.55 bits per heavy atom. The zero-order valence-corrected chi connectivity index (χ0v) is 11.8. The third kappa shape index (κ3) is 2.60. The van der Waals surface area contributed by atoms with Gasteiger partial charge in [-0.25, -0.2) is 0 Å². The van der Waals surface area contributed by atoms with Crippen molar-refractivity contribution in [1.82, 2.24) is 0 Å². The highest BCUT2D eigenvalue weighted by atomic mass is 16.3. The summed E-state index contributed by atoms with van der Waals surface area (Å²) in [6, 6.07) is 12.8. The van der Waals surface area contributed by atoms with Crippen LogP contribution in [-0.2, 0) is 25.7 Å². The second-order valence-electron chi connectivity index (χ2n) is 5.38. The van der Waals surface area contributed by atoms with Gasteiger partial charge in [-0.1, -0.05) is 24.3 Å². The van der Waals surface area contributed by atoms with Crippen LogP contribution < -0.4 is 0 Å². The molecule has 0 saturated carbocycles. The summed E-state index contributed by atoms with van der Waals surface area (Å²) >= 11 is 0. The van der Waals surface area contributed by atoms with Crippen LogP contribution in [0, 0.1) is 0 Å². The minimum absolute atomic E-state index is 0.438. The number of nitrogens with zero attached hydrogens (tertiary/aromatic N) is 1. The topological polar surface area (TPSA) is 32.6 Å². The molecule has 2 heteroatoms. The second-order valence-corrected chi connectivity index (χ2v) is 5.38. The van der Waals surface area contributed by atoms with Crippen LogP contribution in [0.15, 0.2) is 41.4 Å². The van der Waals surface area contributed by atoms with Crippen LogP contribution in [0.25, 0.3) is 0 Å². The van der Waals surface area contributed by atoms with Gasteiger partial charge < -0.3 is 5.11 Å². The molecule has 0 aliphatic heterocycles. The van der Waals surface area contributed by atoms with Gasteiger partial charge in [0.05, 0.1) is 0 Å². The molecule has 4 aliphatic carbocycles. The molecule has 0 fully saturated rings. The van der Waals surface area contributed by atoms with Gasteiger partial charge in [-0.05, 0) is 65.6 Å². The molecule has 2 nitrogen and oxygen atoms in total. The third-order valence-corrected chi connectivity index (χ3v) is 3.99. The molecule has 4 bridgehead atoms. The summed E-state index contributed by atoms with van der Waals surface area (Å²) < 4.78 is 0. The van der Waals surface area contributed by atoms with Gasteiger partial charge in [0.2, 0.25) is 0 Å². The molecule has 0 unspecified atom stereocenters. The van der Waals surface area contributed by atoms with Crippen LogP contribution in [0.5, 0.6) is 5.75 Å². The minimum atomic E-state index is 0.438. The lowest BCUT2D eigenvalue weighted by Gasteiger charge is -2.13. The first-order chi connectivity index (χ1) is 9.76. The Balaban J connectivity index is 2.03. The van der Waals surface area contributed by atoms with E-state index in [0.29, 0.717) is 5.75 Å². The van der Waals surface area contributed by atoms with Gasteiger partial charge in [-0.3, -0.25) is 4.99 Å². The van der Waals surface area contributed by atoms with Crippen LogP contribution in [0.4, 0.5) is 0 Å². The largest absolute Gasteiger partial charge is 0.508 e. The Morgan fingerprint density at radius 1 is 0.900 bits per heavy atom. The molecule has 0 spiro atoms. The number of aromatic hydroxyl groups is 1. The van der Waals surface area contributed by atoms with Crippen LogP contribution in [0.1, 0.15) is 27.8 Å². The molecule has 0 saturated heterocycles. The summed E-state index contributed by atoms with van der Waals surface area (Å²) in [5.41, 5.74) is 6.07. The number of hydrogen-bond acceptors (Lipinski definition) is 2. The Labute approximate surface area is 119 Å². The first-order valence-corrected chi connectivity index (χ1v) is 7.11. The van der Waals surface area contributed by atoms with E-state index in [1.165, 1.54) is 22.3 Å². The van der Waals surface area contributed by atoms with Crippen molar-refractivity contribution >= 4 is 6.21 Å². The van der Waals surface area contributed by atoms with Gasteiger partial charge in [0.1, 0.15) is 5.75 Å². The van der Waals surface area contributed by atoms with E-state index in [1.807, 2.05) is 19.3 Å². The van der Waals surface area contributed by atoms with Crippen molar-refractivity contribution in [3.63, 3.8) is 0 Å². The van der Waals surface area contributed by atoms with Crippen molar-refractivity contribution in [2.75, 3.05) is 7.05 Å². The normalized spacial score (nSPS) is 14.4. The summed E-state index contributed by atoms with van der Waals surface area (Å²) in [6.45, 7) is 0. The number of aryl methyl sites for hydroxylation is 4. The highest BCUT2D eigenvalue weighted by molar-refractivity contribution is 5.82. The molecule has 102 valence electrons. The van der Waals surface area contributed by atoms with Crippen LogP contribution in [-0.4, -0.2) is 18.4 Å². The zero-order valence-electron chi connectivity index (χ0n) is 11.8. The van der Waals surface area contributed by atoms with Crippen LogP contribution >= 0.6 is 0 Å². The Bertz CT molecular complexity index is 658. The molecule has 0 radical (unpaired) electrons. The highest BCUT2D eigenvalue weighted by Gasteiger charge is 2.09. The van der Waals surface area contributed by atoms with Crippen molar-refractivity contribution in [2.45, 2.75) is 25.7 Å². The SMILES string of the molecule is CN=Cc1cc2ccc1CCc1ccc(c(O)c1)CC2. The molecule has 0 heterocycles. The van der Waals surface area contributed by atoms with Crippen molar-refractivity contribution in [2.24, 2.45) is 4.99 Å². The van der Waals surface area contributed by atoms with Gasteiger partial charge in [0.15, 0.2) is 0 Å². The van der Waals surface area contributed by atoms with E-state index in [0.717, 1.165) is 31.2 Å². The summed E-state index contributed by atoms with van der Waals surface area (Å²) in [6.07, 6.45) is 5.67. The van der Waals surface area contributed by atoms with Gasteiger partial charge in [-0.15, -0.1) is 0 Å². The first kappa shape index (κ1) is 12.9. The van der Waals surface area contributed by atoms with Crippen molar-refractivity contribution in [3.05, 3.63) is 64.2 Å². The van der Waals surface area contributed by atoms with Gasteiger partial charge in [0, 0.05) is 13.3 Å². The number of phenolic OH excluding ortho intramolecular Hbond substituents is 1. The summed E-state index contributed by atoms with van der Waals surface area (Å²) in [4.78, 5) is 4.17. The van der Waals surface area contributed by atoms with E-state index in [4.69, 9.17) is 0 Å². The molecule has 2 aromatic rings. The zero-order chi connectivity index (χ0) is 13.9. The third-order valence-electron chi connectivity index (χ3n) is 3.99. The summed E-state index contributed by atoms with van der Waals surface area (Å²) in [7, 11) is 1.82. The van der Waals surface area contributed by atoms with Crippen molar-refractivity contribution in [3.8, 4) is 5.75 Å².